The zero-order chi connectivity index (χ0) is 22.2. The first kappa shape index (κ1) is 21.0. The zero-order valence-corrected chi connectivity index (χ0v) is 17.7. The number of fused-ring (bicyclic) bond motifs is 1. The molecule has 2 aromatic rings. The molecule has 164 valence electrons. The van der Waals surface area contributed by atoms with Crippen LogP contribution < -0.4 is 20.1 Å². The molecule has 1 fully saturated rings. The minimum Gasteiger partial charge on any atom is -0.496 e. The number of carbonyl (C=O) groups excluding carboxylic acids is 2. The number of hydrogen-bond donors (Lipinski definition) is 1. The average Bonchev–Trinajstić information content (AvgIpc) is 2.77. The topological polar surface area (TPSA) is 85.1 Å². The third kappa shape index (κ3) is 4.15. The fourth-order valence-electron chi connectivity index (χ4n) is 4.03. The lowest BCUT2D eigenvalue weighted by atomic mass is 9.95. The number of methoxy groups -OCH3 is 1. The van der Waals surface area contributed by atoms with E-state index in [-0.39, 0.29) is 5.91 Å². The molecule has 2 N–H and O–H groups in total. The molecule has 31 heavy (non-hydrogen) atoms. The summed E-state index contributed by atoms with van der Waals surface area (Å²) >= 11 is 0. The van der Waals surface area contributed by atoms with Gasteiger partial charge >= 0.3 is 0 Å². The number of hydrogen-bond acceptors (Lipinski definition) is 5. The molecular formula is C23H26FN3O4. The summed E-state index contributed by atoms with van der Waals surface area (Å²) in [4.78, 5) is 28.2. The number of halogens is 1. The van der Waals surface area contributed by atoms with E-state index in [1.54, 1.807) is 42.2 Å². The highest BCUT2D eigenvalue weighted by molar-refractivity contribution is 5.97. The molecule has 0 aromatic heterocycles. The Morgan fingerprint density at radius 1 is 1.13 bits per heavy atom. The summed E-state index contributed by atoms with van der Waals surface area (Å²) in [6.07, 6.45) is 0.689. The molecular weight excluding hydrogens is 401 g/mol. The van der Waals surface area contributed by atoms with Crippen molar-refractivity contribution in [2.24, 2.45) is 5.73 Å². The van der Waals surface area contributed by atoms with Gasteiger partial charge < -0.3 is 25.0 Å². The van der Waals surface area contributed by atoms with E-state index in [0.29, 0.717) is 61.7 Å². The van der Waals surface area contributed by atoms with Crippen LogP contribution >= 0.6 is 0 Å². The molecule has 2 heterocycles. The minimum absolute atomic E-state index is 0.119. The number of alkyl halides is 1. The molecule has 0 radical (unpaired) electrons. The Bertz CT molecular complexity index is 1010. The van der Waals surface area contributed by atoms with E-state index in [2.05, 4.69) is 0 Å². The summed E-state index contributed by atoms with van der Waals surface area (Å²) in [7, 11) is 1.49. The number of rotatable bonds is 4. The molecule has 0 atom stereocenters. The number of benzene rings is 2. The number of anilines is 2. The van der Waals surface area contributed by atoms with Gasteiger partial charge in [-0.25, -0.2) is 4.39 Å². The lowest BCUT2D eigenvalue weighted by Gasteiger charge is -2.35. The number of nitrogens with zero attached hydrogens (tertiary/aromatic N) is 2. The van der Waals surface area contributed by atoms with Crippen molar-refractivity contribution >= 4 is 23.2 Å². The van der Waals surface area contributed by atoms with Crippen molar-refractivity contribution < 1.29 is 23.5 Å². The summed E-state index contributed by atoms with van der Waals surface area (Å²) < 4.78 is 25.2. The molecule has 0 spiro atoms. The van der Waals surface area contributed by atoms with Gasteiger partial charge in [-0.1, -0.05) is 0 Å². The van der Waals surface area contributed by atoms with Gasteiger partial charge in [-0.3, -0.25) is 9.59 Å². The number of ether oxygens (including phenoxy) is 2. The maximum Gasteiger partial charge on any atom is 0.253 e. The van der Waals surface area contributed by atoms with E-state index in [1.165, 1.54) is 7.11 Å². The second-order valence-electron chi connectivity index (χ2n) is 8.14. The molecule has 0 aliphatic carbocycles. The Morgan fingerprint density at radius 2 is 1.87 bits per heavy atom. The van der Waals surface area contributed by atoms with Gasteiger partial charge in [-0.05, 0) is 50.1 Å². The fourth-order valence-corrected chi connectivity index (χ4v) is 4.03. The van der Waals surface area contributed by atoms with E-state index < -0.39 is 11.6 Å². The van der Waals surface area contributed by atoms with Gasteiger partial charge in [0.25, 0.3) is 11.8 Å². The van der Waals surface area contributed by atoms with Crippen LogP contribution in [0.3, 0.4) is 0 Å². The predicted molar refractivity (Wildman–Crippen MR) is 115 cm³/mol. The molecule has 8 heteroatoms. The number of primary amides is 1. The van der Waals surface area contributed by atoms with Crippen molar-refractivity contribution in [3.63, 3.8) is 0 Å². The minimum atomic E-state index is -1.21. The molecule has 0 saturated carbocycles. The van der Waals surface area contributed by atoms with Crippen LogP contribution in [0.2, 0.25) is 0 Å². The van der Waals surface area contributed by atoms with Gasteiger partial charge in [-0.15, -0.1) is 0 Å². The number of likely N-dealkylation sites (tertiary alicyclic amines) is 1. The Morgan fingerprint density at radius 3 is 2.55 bits per heavy atom. The fraction of sp³-hybridized carbons (Fsp3) is 0.391. The third-order valence-electron chi connectivity index (χ3n) is 5.93. The van der Waals surface area contributed by atoms with E-state index in [4.69, 9.17) is 15.2 Å². The molecule has 0 unspecified atom stereocenters. The van der Waals surface area contributed by atoms with Crippen LogP contribution in [0, 0.1) is 0 Å². The molecule has 7 nitrogen and oxygen atoms in total. The van der Waals surface area contributed by atoms with Crippen molar-refractivity contribution in [1.29, 1.82) is 0 Å². The third-order valence-corrected chi connectivity index (χ3v) is 5.93. The van der Waals surface area contributed by atoms with E-state index >= 15 is 0 Å². The van der Waals surface area contributed by atoms with Gasteiger partial charge in [0.05, 0.1) is 24.9 Å². The average molecular weight is 427 g/mol. The highest BCUT2D eigenvalue weighted by Crippen LogP contribution is 2.39. The van der Waals surface area contributed by atoms with E-state index in [1.807, 2.05) is 11.0 Å². The van der Waals surface area contributed by atoms with Crippen molar-refractivity contribution in [1.82, 2.24) is 4.90 Å². The molecule has 2 aliphatic heterocycles. The normalized spacial score (nSPS) is 17.5. The van der Waals surface area contributed by atoms with Gasteiger partial charge in [0, 0.05) is 30.4 Å². The standard InChI is InChI=1S/C23H26FN3O4/c1-23(24)7-9-26(10-8-23)22(29)15-3-6-18-20(13-15)31-12-11-27(18)16-4-5-17(21(25)28)19(14-16)30-2/h3-6,13-14H,7-12H2,1-2H3,(H2,25,28). The first-order valence-electron chi connectivity index (χ1n) is 10.3. The van der Waals surface area contributed by atoms with E-state index in [0.717, 1.165) is 11.4 Å². The van der Waals surface area contributed by atoms with Crippen LogP contribution in [0.1, 0.15) is 40.5 Å². The first-order valence-corrected chi connectivity index (χ1v) is 10.3. The maximum absolute atomic E-state index is 14.1. The molecule has 2 aromatic carbocycles. The summed E-state index contributed by atoms with van der Waals surface area (Å²) in [5.41, 5.74) is 6.66. The monoisotopic (exact) mass is 427 g/mol. The second kappa shape index (κ2) is 8.09. The lowest BCUT2D eigenvalue weighted by Crippen LogP contribution is -2.43. The number of amides is 2. The van der Waals surface area contributed by atoms with Gasteiger partial charge in [0.15, 0.2) is 0 Å². The highest BCUT2D eigenvalue weighted by Gasteiger charge is 2.32. The number of carbonyl (C=O) groups is 2. The van der Waals surface area contributed by atoms with Crippen molar-refractivity contribution in [2.75, 3.05) is 38.3 Å². The van der Waals surface area contributed by atoms with Crippen LogP contribution in [0.25, 0.3) is 0 Å². The van der Waals surface area contributed by atoms with Crippen LogP contribution in [-0.4, -0.2) is 55.7 Å². The van der Waals surface area contributed by atoms with Crippen LogP contribution in [0.4, 0.5) is 15.8 Å². The molecule has 1 saturated heterocycles. The maximum atomic E-state index is 14.1. The first-order chi connectivity index (χ1) is 14.8. The van der Waals surface area contributed by atoms with Crippen LogP contribution in [-0.2, 0) is 0 Å². The molecule has 4 rings (SSSR count). The Labute approximate surface area is 180 Å². The summed E-state index contributed by atoms with van der Waals surface area (Å²) in [5, 5.41) is 0. The Kier molecular flexibility index (Phi) is 5.47. The zero-order valence-electron chi connectivity index (χ0n) is 17.7. The molecule has 2 amide bonds. The van der Waals surface area contributed by atoms with Gasteiger partial charge in [0.2, 0.25) is 0 Å². The predicted octanol–water partition coefficient (Wildman–Crippen LogP) is 3.29. The Balaban J connectivity index is 1.59. The number of piperidine rings is 1. The van der Waals surface area contributed by atoms with Crippen molar-refractivity contribution in [3.8, 4) is 11.5 Å². The van der Waals surface area contributed by atoms with Crippen molar-refractivity contribution in [3.05, 3.63) is 47.5 Å². The molecule has 2 aliphatic rings. The highest BCUT2D eigenvalue weighted by atomic mass is 19.1. The van der Waals surface area contributed by atoms with Crippen LogP contribution in [0.5, 0.6) is 11.5 Å². The quantitative estimate of drug-likeness (QED) is 0.809. The van der Waals surface area contributed by atoms with Crippen LogP contribution in [0.15, 0.2) is 36.4 Å². The van der Waals surface area contributed by atoms with Crippen molar-refractivity contribution in [2.45, 2.75) is 25.4 Å². The summed E-state index contributed by atoms with van der Waals surface area (Å²) in [5.74, 6) is 0.323. The largest absolute Gasteiger partial charge is 0.496 e. The smallest absolute Gasteiger partial charge is 0.253 e. The van der Waals surface area contributed by atoms with Gasteiger partial charge in [-0.2, -0.15) is 0 Å². The summed E-state index contributed by atoms with van der Waals surface area (Å²) in [6, 6.07) is 10.6. The lowest BCUT2D eigenvalue weighted by molar-refractivity contribution is 0.0503. The Hall–Kier alpha value is -3.29. The second-order valence-corrected chi connectivity index (χ2v) is 8.14. The van der Waals surface area contributed by atoms with Gasteiger partial charge in [0.1, 0.15) is 23.8 Å². The number of nitrogens with two attached hydrogens (primary N) is 1. The van der Waals surface area contributed by atoms with E-state index in [9.17, 15) is 14.0 Å². The SMILES string of the molecule is COc1cc(N2CCOc3cc(C(=O)N4CCC(C)(F)CC4)ccc32)ccc1C(N)=O. The summed E-state index contributed by atoms with van der Waals surface area (Å²) in [6.45, 7) is 3.43. The molecule has 0 bridgehead atoms.